The minimum Gasteiger partial charge on any atom is -0.379 e. The minimum atomic E-state index is -0.510. The van der Waals surface area contributed by atoms with Crippen LogP contribution in [0.3, 0.4) is 0 Å². The zero-order valence-corrected chi connectivity index (χ0v) is 17.3. The molecule has 0 radical (unpaired) electrons. The van der Waals surface area contributed by atoms with Crippen LogP contribution in [0.1, 0.15) is 18.0 Å². The normalized spacial score (nSPS) is 15.6. The van der Waals surface area contributed by atoms with Crippen molar-refractivity contribution in [2.24, 2.45) is 0 Å². The van der Waals surface area contributed by atoms with Crippen molar-refractivity contribution in [2.75, 3.05) is 32.8 Å². The summed E-state index contributed by atoms with van der Waals surface area (Å²) in [6, 6.07) is 16.6. The van der Waals surface area contributed by atoms with Crippen molar-refractivity contribution in [3.05, 3.63) is 81.0 Å². The van der Waals surface area contributed by atoms with Crippen molar-refractivity contribution < 1.29 is 9.53 Å². The van der Waals surface area contributed by atoms with Crippen molar-refractivity contribution in [3.63, 3.8) is 0 Å². The summed E-state index contributed by atoms with van der Waals surface area (Å²) in [5.74, 6) is -0.149. The quantitative estimate of drug-likeness (QED) is 0.598. The molecule has 1 atom stereocenters. The highest BCUT2D eigenvalue weighted by Gasteiger charge is 2.20. The van der Waals surface area contributed by atoms with Crippen LogP contribution in [0.2, 0.25) is 0 Å². The highest BCUT2D eigenvalue weighted by molar-refractivity contribution is 5.79. The van der Waals surface area contributed by atoms with Gasteiger partial charge in [-0.1, -0.05) is 42.5 Å². The third kappa shape index (κ3) is 5.10. The molecule has 1 aliphatic rings. The average molecular weight is 422 g/mol. The lowest BCUT2D eigenvalue weighted by molar-refractivity contribution is -0.122. The Morgan fingerprint density at radius 1 is 1.03 bits per heavy atom. The number of aromatic nitrogens is 2. The summed E-state index contributed by atoms with van der Waals surface area (Å²) in [5, 5.41) is 3.55. The molecule has 162 valence electrons. The monoisotopic (exact) mass is 422 g/mol. The molecular weight excluding hydrogens is 396 g/mol. The molecule has 2 aromatic carbocycles. The van der Waals surface area contributed by atoms with Crippen LogP contribution >= 0.6 is 0 Å². The molecule has 3 aromatic rings. The third-order valence-corrected chi connectivity index (χ3v) is 5.55. The smallest absolute Gasteiger partial charge is 0.328 e. The van der Waals surface area contributed by atoms with Gasteiger partial charge in [0, 0.05) is 32.6 Å². The van der Waals surface area contributed by atoms with E-state index in [1.165, 1.54) is 4.57 Å². The lowest BCUT2D eigenvalue weighted by atomic mass is 10.1. The van der Waals surface area contributed by atoms with E-state index < -0.39 is 11.2 Å². The number of morpholine rings is 1. The predicted molar refractivity (Wildman–Crippen MR) is 118 cm³/mol. The number of hydrogen-bond donors (Lipinski definition) is 2. The highest BCUT2D eigenvalue weighted by atomic mass is 16.5. The van der Waals surface area contributed by atoms with Gasteiger partial charge in [-0.25, -0.2) is 4.79 Å². The molecule has 0 spiro atoms. The fourth-order valence-electron chi connectivity index (χ4n) is 3.91. The molecule has 1 unspecified atom stereocenters. The summed E-state index contributed by atoms with van der Waals surface area (Å²) >= 11 is 0. The van der Waals surface area contributed by atoms with Crippen LogP contribution in [0, 0.1) is 0 Å². The van der Waals surface area contributed by atoms with Crippen LogP contribution in [-0.4, -0.2) is 53.2 Å². The summed E-state index contributed by atoms with van der Waals surface area (Å²) in [5.41, 5.74) is 0.631. The molecule has 1 aliphatic heterocycles. The topological polar surface area (TPSA) is 96.4 Å². The fourth-order valence-corrected chi connectivity index (χ4v) is 3.91. The number of ether oxygens (including phenoxy) is 1. The standard InChI is InChI=1S/C23H26N4O4/c28-21(10-11-27-20-9-5-4-8-18(20)22(29)25-23(27)30)24-19(17-6-2-1-3-7-17)16-26-12-14-31-15-13-26/h1-9,19H,10-16H2,(H,24,28)(H,25,29,30). The van der Waals surface area contributed by atoms with Crippen LogP contribution in [0.15, 0.2) is 64.2 Å². The van der Waals surface area contributed by atoms with Gasteiger partial charge in [0.1, 0.15) is 0 Å². The summed E-state index contributed by atoms with van der Waals surface area (Å²) < 4.78 is 6.86. The molecule has 4 rings (SSSR count). The number of hydrogen-bond acceptors (Lipinski definition) is 5. The second kappa shape index (κ2) is 9.72. The Labute approximate surface area is 179 Å². The van der Waals surface area contributed by atoms with Gasteiger partial charge in [-0.15, -0.1) is 0 Å². The van der Waals surface area contributed by atoms with E-state index in [0.717, 1.165) is 18.7 Å². The molecule has 2 heterocycles. The van der Waals surface area contributed by atoms with E-state index in [-0.39, 0.29) is 24.9 Å². The number of benzene rings is 2. The zero-order chi connectivity index (χ0) is 21.6. The number of para-hydroxylation sites is 1. The van der Waals surface area contributed by atoms with E-state index in [1.54, 1.807) is 24.3 Å². The van der Waals surface area contributed by atoms with E-state index in [9.17, 15) is 14.4 Å². The van der Waals surface area contributed by atoms with Crippen LogP contribution in [0.4, 0.5) is 0 Å². The van der Waals surface area contributed by atoms with Crippen molar-refractivity contribution in [1.82, 2.24) is 19.8 Å². The van der Waals surface area contributed by atoms with Gasteiger partial charge in [0.2, 0.25) is 5.91 Å². The van der Waals surface area contributed by atoms with Gasteiger partial charge in [0.15, 0.2) is 0 Å². The molecule has 0 bridgehead atoms. The number of H-pyrrole nitrogens is 1. The van der Waals surface area contributed by atoms with Crippen molar-refractivity contribution in [2.45, 2.75) is 19.0 Å². The Morgan fingerprint density at radius 3 is 2.52 bits per heavy atom. The molecule has 1 fully saturated rings. The van der Waals surface area contributed by atoms with Gasteiger partial charge in [0.05, 0.1) is 30.2 Å². The number of aromatic amines is 1. The first-order valence-electron chi connectivity index (χ1n) is 10.5. The van der Waals surface area contributed by atoms with E-state index in [4.69, 9.17) is 4.74 Å². The Bertz CT molecular complexity index is 1150. The second-order valence-corrected chi connectivity index (χ2v) is 7.62. The molecule has 8 heteroatoms. The van der Waals surface area contributed by atoms with Gasteiger partial charge in [0.25, 0.3) is 5.56 Å². The van der Waals surface area contributed by atoms with Crippen LogP contribution in [0.5, 0.6) is 0 Å². The van der Waals surface area contributed by atoms with Crippen LogP contribution in [0.25, 0.3) is 10.9 Å². The summed E-state index contributed by atoms with van der Waals surface area (Å²) in [7, 11) is 0. The first kappa shape index (κ1) is 21.0. The van der Waals surface area contributed by atoms with Crippen molar-refractivity contribution in [1.29, 1.82) is 0 Å². The minimum absolute atomic E-state index is 0.127. The molecule has 2 N–H and O–H groups in total. The Kier molecular flexibility index (Phi) is 6.59. The van der Waals surface area contributed by atoms with Gasteiger partial charge >= 0.3 is 5.69 Å². The molecule has 0 saturated carbocycles. The molecule has 1 amide bonds. The first-order chi connectivity index (χ1) is 15.1. The number of nitrogens with one attached hydrogen (secondary N) is 2. The van der Waals surface area contributed by atoms with Crippen molar-refractivity contribution in [3.8, 4) is 0 Å². The maximum absolute atomic E-state index is 12.8. The largest absolute Gasteiger partial charge is 0.379 e. The number of carbonyl (C=O) groups excluding carboxylic acids is 1. The second-order valence-electron chi connectivity index (χ2n) is 7.62. The van der Waals surface area contributed by atoms with Crippen molar-refractivity contribution >= 4 is 16.8 Å². The Hall–Kier alpha value is -3.23. The lowest BCUT2D eigenvalue weighted by Crippen LogP contribution is -2.43. The number of carbonyl (C=O) groups is 1. The Morgan fingerprint density at radius 2 is 1.74 bits per heavy atom. The molecular formula is C23H26N4O4. The summed E-state index contributed by atoms with van der Waals surface area (Å²) in [6.45, 7) is 3.92. The van der Waals surface area contributed by atoms with Gasteiger partial charge < -0.3 is 10.1 Å². The van der Waals surface area contributed by atoms with E-state index in [2.05, 4.69) is 15.2 Å². The number of nitrogens with zero attached hydrogens (tertiary/aromatic N) is 2. The third-order valence-electron chi connectivity index (χ3n) is 5.55. The molecule has 1 saturated heterocycles. The maximum atomic E-state index is 12.8. The number of amides is 1. The molecule has 8 nitrogen and oxygen atoms in total. The predicted octanol–water partition coefficient (Wildman–Crippen LogP) is 1.27. The van der Waals surface area contributed by atoms with Gasteiger partial charge in [-0.2, -0.15) is 0 Å². The number of rotatable bonds is 7. The average Bonchev–Trinajstić information content (AvgIpc) is 2.80. The highest BCUT2D eigenvalue weighted by Crippen LogP contribution is 2.16. The molecule has 31 heavy (non-hydrogen) atoms. The number of aryl methyl sites for hydroxylation is 1. The Balaban J connectivity index is 1.48. The maximum Gasteiger partial charge on any atom is 0.328 e. The first-order valence-corrected chi connectivity index (χ1v) is 10.5. The van der Waals surface area contributed by atoms with E-state index in [1.807, 2.05) is 30.3 Å². The lowest BCUT2D eigenvalue weighted by Gasteiger charge is -2.31. The molecule has 1 aromatic heterocycles. The SMILES string of the molecule is O=C(CCn1c(=O)[nH]c(=O)c2ccccc21)NC(CN1CCOCC1)c1ccccc1. The zero-order valence-electron chi connectivity index (χ0n) is 17.3. The van der Waals surface area contributed by atoms with Gasteiger partial charge in [-0.05, 0) is 17.7 Å². The number of fused-ring (bicyclic) bond motifs is 1. The van der Waals surface area contributed by atoms with E-state index >= 15 is 0 Å². The van der Waals surface area contributed by atoms with Gasteiger partial charge in [-0.3, -0.25) is 24.0 Å². The fraction of sp³-hybridized carbons (Fsp3) is 0.348. The summed E-state index contributed by atoms with van der Waals surface area (Å²) in [6.07, 6.45) is 0.127. The van der Waals surface area contributed by atoms with E-state index in [0.29, 0.717) is 30.7 Å². The molecule has 0 aliphatic carbocycles. The van der Waals surface area contributed by atoms with Crippen LogP contribution in [-0.2, 0) is 16.1 Å². The summed E-state index contributed by atoms with van der Waals surface area (Å²) in [4.78, 5) is 41.8. The van der Waals surface area contributed by atoms with Crippen LogP contribution < -0.4 is 16.6 Å².